The van der Waals surface area contributed by atoms with Crippen LogP contribution in [0, 0.1) is 0 Å². The Morgan fingerprint density at radius 2 is 1.90 bits per heavy atom. The predicted molar refractivity (Wildman–Crippen MR) is 102 cm³/mol. The number of para-hydroxylation sites is 1. The Morgan fingerprint density at radius 3 is 2.66 bits per heavy atom. The number of rotatable bonds is 6. The van der Waals surface area contributed by atoms with E-state index in [1.54, 1.807) is 29.2 Å². The number of carbonyl (C=O) groups excluding carboxylic acids is 1. The maximum Gasteiger partial charge on any atom is 0.340 e. The van der Waals surface area contributed by atoms with Crippen LogP contribution < -0.4 is 10.9 Å². The van der Waals surface area contributed by atoms with Gasteiger partial charge in [-0.1, -0.05) is 28.6 Å². The first-order valence-corrected chi connectivity index (χ1v) is 9.11. The van der Waals surface area contributed by atoms with Gasteiger partial charge in [-0.3, -0.25) is 15.2 Å². The molecule has 0 atom stereocenters. The largest absolute Gasteiger partial charge is 0.340 e. The summed E-state index contributed by atoms with van der Waals surface area (Å²) in [5.41, 5.74) is 7.89. The standard InChI is InChI=1S/C19H16N8O2/c28-18(23-24-19-21-17(25-29-19)13-8-10-20-11-9-13)15-16(12-6-7-12)27(26-22-15)14-4-2-1-3-5-14/h1-5,8-12H,6-7H2,(H,23,28)(H,21,24,25). The molecule has 0 saturated heterocycles. The van der Waals surface area contributed by atoms with Crippen LogP contribution in [0.25, 0.3) is 17.1 Å². The monoisotopic (exact) mass is 388 g/mol. The Kier molecular flexibility index (Phi) is 4.20. The minimum atomic E-state index is -0.419. The third kappa shape index (κ3) is 3.43. The highest BCUT2D eigenvalue weighted by molar-refractivity contribution is 5.94. The molecule has 1 amide bonds. The number of nitrogens with zero attached hydrogens (tertiary/aromatic N) is 6. The number of nitrogens with one attached hydrogen (secondary N) is 2. The zero-order chi connectivity index (χ0) is 19.6. The molecule has 1 fully saturated rings. The third-order valence-electron chi connectivity index (χ3n) is 4.53. The number of hydrazine groups is 1. The average molecular weight is 388 g/mol. The molecule has 1 aliphatic rings. The van der Waals surface area contributed by atoms with E-state index in [0.717, 1.165) is 29.8 Å². The minimum Gasteiger partial charge on any atom is -0.313 e. The van der Waals surface area contributed by atoms with Crippen LogP contribution in [0.1, 0.15) is 34.9 Å². The van der Waals surface area contributed by atoms with E-state index in [1.165, 1.54) is 0 Å². The van der Waals surface area contributed by atoms with E-state index in [2.05, 4.69) is 36.3 Å². The van der Waals surface area contributed by atoms with Crippen LogP contribution in [-0.2, 0) is 0 Å². The van der Waals surface area contributed by atoms with Crippen molar-refractivity contribution in [3.05, 3.63) is 66.2 Å². The number of amides is 1. The van der Waals surface area contributed by atoms with Crippen LogP contribution in [0.5, 0.6) is 0 Å². The van der Waals surface area contributed by atoms with Gasteiger partial charge in [-0.2, -0.15) is 4.98 Å². The molecule has 3 heterocycles. The summed E-state index contributed by atoms with van der Waals surface area (Å²) in [6, 6.07) is 13.2. The van der Waals surface area contributed by atoms with Crippen LogP contribution in [-0.4, -0.2) is 36.0 Å². The van der Waals surface area contributed by atoms with Crippen molar-refractivity contribution in [2.75, 3.05) is 5.43 Å². The fraction of sp³-hybridized carbons (Fsp3) is 0.158. The molecule has 29 heavy (non-hydrogen) atoms. The average Bonchev–Trinajstić information content (AvgIpc) is 3.33. The van der Waals surface area contributed by atoms with E-state index >= 15 is 0 Å². The highest BCUT2D eigenvalue weighted by atomic mass is 16.5. The van der Waals surface area contributed by atoms with Gasteiger partial charge in [0.2, 0.25) is 5.82 Å². The lowest BCUT2D eigenvalue weighted by Gasteiger charge is -2.07. The number of benzene rings is 1. The summed E-state index contributed by atoms with van der Waals surface area (Å²) in [4.78, 5) is 20.8. The normalized spacial score (nSPS) is 13.2. The van der Waals surface area contributed by atoms with Crippen molar-refractivity contribution in [2.45, 2.75) is 18.8 Å². The first-order valence-electron chi connectivity index (χ1n) is 9.11. The van der Waals surface area contributed by atoms with E-state index < -0.39 is 5.91 Å². The summed E-state index contributed by atoms with van der Waals surface area (Å²) in [5.74, 6) is 0.239. The SMILES string of the molecule is O=C(NNc1nc(-c2ccncc2)no1)c1nnn(-c2ccccc2)c1C1CC1. The Hall–Kier alpha value is -4.08. The van der Waals surface area contributed by atoms with Crippen LogP contribution in [0.2, 0.25) is 0 Å². The summed E-state index contributed by atoms with van der Waals surface area (Å²) >= 11 is 0. The van der Waals surface area contributed by atoms with Gasteiger partial charge >= 0.3 is 6.01 Å². The second-order valence-corrected chi connectivity index (χ2v) is 6.58. The van der Waals surface area contributed by atoms with Crippen LogP contribution in [0.4, 0.5) is 6.01 Å². The van der Waals surface area contributed by atoms with Crippen molar-refractivity contribution in [1.29, 1.82) is 0 Å². The highest BCUT2D eigenvalue weighted by Gasteiger charge is 2.34. The second-order valence-electron chi connectivity index (χ2n) is 6.58. The van der Waals surface area contributed by atoms with Crippen molar-refractivity contribution >= 4 is 11.9 Å². The van der Waals surface area contributed by atoms with E-state index in [1.807, 2.05) is 30.3 Å². The Morgan fingerprint density at radius 1 is 1.10 bits per heavy atom. The Balaban J connectivity index is 1.33. The van der Waals surface area contributed by atoms with Crippen molar-refractivity contribution in [3.8, 4) is 17.1 Å². The lowest BCUT2D eigenvalue weighted by atomic mass is 10.2. The Labute approximate surface area is 164 Å². The lowest BCUT2D eigenvalue weighted by Crippen LogP contribution is -2.30. The van der Waals surface area contributed by atoms with E-state index in [-0.39, 0.29) is 17.6 Å². The second kappa shape index (κ2) is 7.15. The molecule has 1 aliphatic carbocycles. The molecule has 2 N–H and O–H groups in total. The van der Waals surface area contributed by atoms with Gasteiger partial charge in [-0.25, -0.2) is 10.1 Å². The van der Waals surface area contributed by atoms with Crippen LogP contribution in [0.3, 0.4) is 0 Å². The molecule has 0 radical (unpaired) electrons. The molecule has 0 spiro atoms. The van der Waals surface area contributed by atoms with Crippen molar-refractivity contribution in [3.63, 3.8) is 0 Å². The smallest absolute Gasteiger partial charge is 0.313 e. The van der Waals surface area contributed by atoms with Gasteiger partial charge < -0.3 is 4.52 Å². The summed E-state index contributed by atoms with van der Waals surface area (Å²) < 4.78 is 6.84. The van der Waals surface area contributed by atoms with E-state index in [9.17, 15) is 4.79 Å². The van der Waals surface area contributed by atoms with Crippen molar-refractivity contribution in [1.82, 2.24) is 35.5 Å². The van der Waals surface area contributed by atoms with Gasteiger partial charge in [0.05, 0.1) is 11.4 Å². The zero-order valence-electron chi connectivity index (χ0n) is 15.2. The quantitative estimate of drug-likeness (QED) is 0.483. The predicted octanol–water partition coefficient (Wildman–Crippen LogP) is 2.35. The Bertz CT molecular complexity index is 1140. The fourth-order valence-electron chi connectivity index (χ4n) is 3.00. The van der Waals surface area contributed by atoms with Gasteiger partial charge in [-0.05, 0) is 37.1 Å². The zero-order valence-corrected chi connectivity index (χ0v) is 15.2. The molecule has 1 aromatic carbocycles. The van der Waals surface area contributed by atoms with Crippen molar-refractivity contribution in [2.24, 2.45) is 0 Å². The number of hydrogen-bond acceptors (Lipinski definition) is 8. The molecule has 0 unspecified atom stereocenters. The topological polar surface area (TPSA) is 124 Å². The summed E-state index contributed by atoms with van der Waals surface area (Å²) in [6.07, 6.45) is 5.28. The molecule has 0 aliphatic heterocycles. The number of anilines is 1. The van der Waals surface area contributed by atoms with Gasteiger partial charge in [0.1, 0.15) is 0 Å². The molecule has 10 heteroatoms. The number of carbonyl (C=O) groups is 1. The van der Waals surface area contributed by atoms with E-state index in [0.29, 0.717) is 5.82 Å². The number of aromatic nitrogens is 6. The molecule has 5 rings (SSSR count). The summed E-state index contributed by atoms with van der Waals surface area (Å²) in [7, 11) is 0. The van der Waals surface area contributed by atoms with Crippen LogP contribution >= 0.6 is 0 Å². The molecule has 3 aromatic heterocycles. The van der Waals surface area contributed by atoms with Gasteiger partial charge in [0.25, 0.3) is 5.91 Å². The molecule has 10 nitrogen and oxygen atoms in total. The first-order chi connectivity index (χ1) is 14.3. The van der Waals surface area contributed by atoms with Gasteiger partial charge in [-0.15, -0.1) is 5.10 Å². The maximum atomic E-state index is 12.7. The molecule has 4 aromatic rings. The number of pyridine rings is 1. The highest BCUT2D eigenvalue weighted by Crippen LogP contribution is 2.41. The number of hydrogen-bond donors (Lipinski definition) is 2. The third-order valence-corrected chi connectivity index (χ3v) is 4.53. The van der Waals surface area contributed by atoms with E-state index in [4.69, 9.17) is 4.52 Å². The molecular weight excluding hydrogens is 372 g/mol. The summed E-state index contributed by atoms with van der Waals surface area (Å²) in [6.45, 7) is 0. The van der Waals surface area contributed by atoms with Gasteiger partial charge in [0, 0.05) is 23.9 Å². The van der Waals surface area contributed by atoms with Crippen molar-refractivity contribution < 1.29 is 9.32 Å². The fourth-order valence-corrected chi connectivity index (χ4v) is 3.00. The summed E-state index contributed by atoms with van der Waals surface area (Å²) in [5, 5.41) is 12.2. The molecule has 144 valence electrons. The van der Waals surface area contributed by atoms with Crippen LogP contribution in [0.15, 0.2) is 59.4 Å². The molecule has 1 saturated carbocycles. The molecular formula is C19H16N8O2. The lowest BCUT2D eigenvalue weighted by molar-refractivity contribution is 0.0955. The molecule has 0 bridgehead atoms. The minimum absolute atomic E-state index is 0.0635. The van der Waals surface area contributed by atoms with Gasteiger partial charge in [0.15, 0.2) is 5.69 Å². The first kappa shape index (κ1) is 17.0. The maximum absolute atomic E-state index is 12.7.